The van der Waals surface area contributed by atoms with E-state index in [-0.39, 0.29) is 11.9 Å². The van der Waals surface area contributed by atoms with Crippen LogP contribution in [0.15, 0.2) is 47.1 Å². The van der Waals surface area contributed by atoms with Crippen LogP contribution in [0.3, 0.4) is 0 Å². The largest absolute Gasteiger partial charge is 0.345 e. The lowest BCUT2D eigenvalue weighted by atomic mass is 10.1. The van der Waals surface area contributed by atoms with Crippen LogP contribution in [0.5, 0.6) is 0 Å². The summed E-state index contributed by atoms with van der Waals surface area (Å²) < 4.78 is 0.977. The second-order valence-electron chi connectivity index (χ2n) is 4.46. The van der Waals surface area contributed by atoms with E-state index < -0.39 is 0 Å². The summed E-state index contributed by atoms with van der Waals surface area (Å²) in [5, 5.41) is 2.97. The summed E-state index contributed by atoms with van der Waals surface area (Å²) in [6.45, 7) is 2.27. The number of halogens is 1. The van der Waals surface area contributed by atoms with Gasteiger partial charge in [0.15, 0.2) is 0 Å². The van der Waals surface area contributed by atoms with Gasteiger partial charge in [-0.3, -0.25) is 9.78 Å². The van der Waals surface area contributed by atoms with E-state index >= 15 is 0 Å². The maximum Gasteiger partial charge on any atom is 0.251 e. The Labute approximate surface area is 126 Å². The van der Waals surface area contributed by atoms with E-state index in [1.54, 1.807) is 18.3 Å². The van der Waals surface area contributed by atoms with E-state index in [4.69, 9.17) is 5.73 Å². The van der Waals surface area contributed by atoms with Crippen molar-refractivity contribution in [3.05, 3.63) is 63.9 Å². The highest BCUT2D eigenvalue weighted by atomic mass is 79.9. The summed E-state index contributed by atoms with van der Waals surface area (Å²) in [7, 11) is 0. The number of carbonyl (C=O) groups excluding carboxylic acids is 1. The van der Waals surface area contributed by atoms with Crippen molar-refractivity contribution < 1.29 is 4.79 Å². The van der Waals surface area contributed by atoms with Gasteiger partial charge in [-0.1, -0.05) is 34.1 Å². The van der Waals surface area contributed by atoms with Crippen LogP contribution in [0.2, 0.25) is 0 Å². The van der Waals surface area contributed by atoms with Gasteiger partial charge in [0.1, 0.15) is 0 Å². The number of hydrogen-bond acceptors (Lipinski definition) is 3. The van der Waals surface area contributed by atoms with Gasteiger partial charge in [0, 0.05) is 22.8 Å². The van der Waals surface area contributed by atoms with Gasteiger partial charge in [0.2, 0.25) is 0 Å². The van der Waals surface area contributed by atoms with Gasteiger partial charge in [0.25, 0.3) is 5.91 Å². The molecular weight excluding hydrogens is 318 g/mol. The highest BCUT2D eigenvalue weighted by Gasteiger charge is 2.13. The molecule has 0 unspecified atom stereocenters. The molecule has 0 aliphatic carbocycles. The van der Waals surface area contributed by atoms with E-state index in [2.05, 4.69) is 26.2 Å². The van der Waals surface area contributed by atoms with Crippen molar-refractivity contribution in [3.63, 3.8) is 0 Å². The average Bonchev–Trinajstić information content (AvgIpc) is 2.47. The summed E-state index contributed by atoms with van der Waals surface area (Å²) in [5.74, 6) is -0.134. The molecule has 0 radical (unpaired) electrons. The van der Waals surface area contributed by atoms with Gasteiger partial charge in [0.05, 0.1) is 11.7 Å². The molecule has 0 saturated carbocycles. The lowest BCUT2D eigenvalue weighted by molar-refractivity contribution is 0.0939. The smallest absolute Gasteiger partial charge is 0.251 e. The normalized spacial score (nSPS) is 11.9. The third-order valence-electron chi connectivity index (χ3n) is 3.01. The fraction of sp³-hybridized carbons (Fsp3) is 0.200. The molecule has 3 N–H and O–H groups in total. The van der Waals surface area contributed by atoms with Crippen molar-refractivity contribution in [3.8, 4) is 0 Å². The quantitative estimate of drug-likeness (QED) is 0.903. The van der Waals surface area contributed by atoms with Crippen molar-refractivity contribution in [2.24, 2.45) is 5.73 Å². The number of benzene rings is 1. The van der Waals surface area contributed by atoms with Crippen LogP contribution in [-0.4, -0.2) is 10.9 Å². The Hall–Kier alpha value is -1.72. The number of nitrogens with two attached hydrogens (primary N) is 1. The Bertz CT molecular complexity index is 616. The highest BCUT2D eigenvalue weighted by molar-refractivity contribution is 9.10. The monoisotopic (exact) mass is 333 g/mol. The lowest BCUT2D eigenvalue weighted by Gasteiger charge is -2.16. The fourth-order valence-electron chi connectivity index (χ4n) is 1.92. The van der Waals surface area contributed by atoms with Crippen molar-refractivity contribution >= 4 is 21.8 Å². The Morgan fingerprint density at radius 2 is 2.15 bits per heavy atom. The predicted molar refractivity (Wildman–Crippen MR) is 82.2 cm³/mol. The summed E-state index contributed by atoms with van der Waals surface area (Å²) in [5.41, 5.74) is 7.84. The number of carbonyl (C=O) groups is 1. The number of amides is 1. The molecule has 5 heteroatoms. The van der Waals surface area contributed by atoms with Crippen molar-refractivity contribution in [1.82, 2.24) is 10.3 Å². The molecule has 0 bridgehead atoms. The van der Waals surface area contributed by atoms with Crippen LogP contribution in [0.25, 0.3) is 0 Å². The number of hydrogen-bond donors (Lipinski definition) is 2. The predicted octanol–water partition coefficient (Wildman–Crippen LogP) is 2.79. The zero-order valence-electron chi connectivity index (χ0n) is 11.1. The highest BCUT2D eigenvalue weighted by Crippen LogP contribution is 2.22. The van der Waals surface area contributed by atoms with Crippen LogP contribution in [0, 0.1) is 0 Å². The van der Waals surface area contributed by atoms with Gasteiger partial charge in [-0.25, -0.2) is 0 Å². The minimum atomic E-state index is -0.134. The van der Waals surface area contributed by atoms with Gasteiger partial charge in [-0.05, 0) is 30.7 Å². The molecule has 1 heterocycles. The second kappa shape index (κ2) is 6.63. The number of nitrogens with one attached hydrogen (secondary N) is 1. The van der Waals surface area contributed by atoms with Gasteiger partial charge < -0.3 is 11.1 Å². The first-order chi connectivity index (χ1) is 9.61. The molecule has 1 aromatic heterocycles. The van der Waals surface area contributed by atoms with Crippen LogP contribution < -0.4 is 11.1 Å². The molecule has 1 atom stereocenters. The summed E-state index contributed by atoms with van der Waals surface area (Å²) in [6, 6.07) is 11.1. The summed E-state index contributed by atoms with van der Waals surface area (Å²) >= 11 is 3.49. The van der Waals surface area contributed by atoms with Gasteiger partial charge in [-0.2, -0.15) is 0 Å². The summed E-state index contributed by atoms with van der Waals surface area (Å²) in [4.78, 5) is 16.3. The molecule has 0 spiro atoms. The number of aromatic nitrogens is 1. The molecule has 4 nitrogen and oxygen atoms in total. The zero-order valence-corrected chi connectivity index (χ0v) is 12.7. The first-order valence-electron chi connectivity index (χ1n) is 6.32. The molecule has 2 rings (SSSR count). The van der Waals surface area contributed by atoms with Crippen LogP contribution in [0.4, 0.5) is 0 Å². The maximum absolute atomic E-state index is 12.2. The fourth-order valence-corrected chi connectivity index (χ4v) is 2.54. The van der Waals surface area contributed by atoms with Crippen molar-refractivity contribution in [2.75, 3.05) is 0 Å². The van der Waals surface area contributed by atoms with Crippen molar-refractivity contribution in [2.45, 2.75) is 19.5 Å². The van der Waals surface area contributed by atoms with E-state index in [1.807, 2.05) is 31.2 Å². The molecular formula is C15H16BrN3O. The first-order valence-corrected chi connectivity index (χ1v) is 7.11. The molecule has 0 aliphatic rings. The molecule has 104 valence electrons. The molecule has 0 aliphatic heterocycles. The minimum absolute atomic E-state index is 0.0902. The van der Waals surface area contributed by atoms with E-state index in [1.165, 1.54) is 0 Å². The summed E-state index contributed by atoms with van der Waals surface area (Å²) in [6.07, 6.45) is 1.60. The molecule has 0 saturated heterocycles. The van der Waals surface area contributed by atoms with Crippen LogP contribution in [0.1, 0.15) is 34.6 Å². The lowest BCUT2D eigenvalue weighted by Crippen LogP contribution is -2.27. The Morgan fingerprint density at radius 1 is 1.40 bits per heavy atom. The van der Waals surface area contributed by atoms with E-state index in [0.29, 0.717) is 17.8 Å². The molecule has 1 amide bonds. The van der Waals surface area contributed by atoms with E-state index in [9.17, 15) is 4.79 Å². The standard InChI is InChI=1S/C15H16BrN3O/c1-10(13-4-2-3-5-14(13)16)19-15(20)11-6-7-18-12(8-11)9-17/h2-8,10H,9,17H2,1H3,(H,19,20)/t10-/m0/s1. The van der Waals surface area contributed by atoms with Crippen molar-refractivity contribution in [1.29, 1.82) is 0 Å². The van der Waals surface area contributed by atoms with Crippen LogP contribution >= 0.6 is 15.9 Å². The number of nitrogens with zero attached hydrogens (tertiary/aromatic N) is 1. The SMILES string of the molecule is C[C@H](NC(=O)c1ccnc(CN)c1)c1ccccc1Br. The number of rotatable bonds is 4. The Kier molecular flexibility index (Phi) is 4.87. The van der Waals surface area contributed by atoms with Crippen LogP contribution in [-0.2, 0) is 6.54 Å². The van der Waals surface area contributed by atoms with E-state index in [0.717, 1.165) is 10.0 Å². The first kappa shape index (κ1) is 14.7. The maximum atomic E-state index is 12.2. The molecule has 20 heavy (non-hydrogen) atoms. The minimum Gasteiger partial charge on any atom is -0.345 e. The molecule has 1 aromatic carbocycles. The Morgan fingerprint density at radius 3 is 2.85 bits per heavy atom. The number of pyridine rings is 1. The molecule has 2 aromatic rings. The topological polar surface area (TPSA) is 68.0 Å². The average molecular weight is 334 g/mol. The molecule has 0 fully saturated rings. The van der Waals surface area contributed by atoms with Gasteiger partial charge in [-0.15, -0.1) is 0 Å². The second-order valence-corrected chi connectivity index (χ2v) is 5.31. The third-order valence-corrected chi connectivity index (χ3v) is 3.73. The Balaban J connectivity index is 2.13. The van der Waals surface area contributed by atoms with Gasteiger partial charge >= 0.3 is 0 Å². The zero-order chi connectivity index (χ0) is 14.5. The third kappa shape index (κ3) is 3.43.